The monoisotopic (exact) mass is 390 g/mol. The summed E-state index contributed by atoms with van der Waals surface area (Å²) in [5.41, 5.74) is 10.8. The van der Waals surface area contributed by atoms with Gasteiger partial charge in [0.25, 0.3) is 0 Å². The number of nitrogen functional groups attached to an aromatic ring is 1. The van der Waals surface area contributed by atoms with E-state index in [0.717, 1.165) is 29.1 Å². The lowest BCUT2D eigenvalue weighted by Crippen LogP contribution is -2.18. The number of halogens is 1. The minimum Gasteiger partial charge on any atom is -0.368 e. The van der Waals surface area contributed by atoms with Crippen molar-refractivity contribution in [3.8, 4) is 22.6 Å². The maximum absolute atomic E-state index is 13.5. The lowest BCUT2D eigenvalue weighted by atomic mass is 10.0. The summed E-state index contributed by atoms with van der Waals surface area (Å²) in [6, 6.07) is 12.3. The Balaban J connectivity index is 1.92. The topological polar surface area (TPSA) is 72.3 Å². The number of fused-ring (bicyclic) bond motifs is 1. The highest BCUT2D eigenvalue weighted by molar-refractivity contribution is 5.80. The Morgan fingerprint density at radius 1 is 1.10 bits per heavy atom. The summed E-state index contributed by atoms with van der Waals surface area (Å²) >= 11 is 0. The summed E-state index contributed by atoms with van der Waals surface area (Å²) in [5.74, 6) is 0.267. The molecular weight excluding hydrogens is 367 g/mol. The van der Waals surface area contributed by atoms with Crippen molar-refractivity contribution in [2.75, 3.05) is 26.4 Å². The van der Waals surface area contributed by atoms with Gasteiger partial charge in [0.05, 0.1) is 17.1 Å². The van der Waals surface area contributed by atoms with Crippen LogP contribution >= 0.6 is 0 Å². The lowest BCUT2D eigenvalue weighted by Gasteiger charge is -2.17. The lowest BCUT2D eigenvalue weighted by molar-refractivity contribution is 0.383. The Morgan fingerprint density at radius 2 is 1.86 bits per heavy atom. The fraction of sp³-hybridized carbons (Fsp3) is 0.227. The number of hydrogen-bond donors (Lipinski definition) is 1. The van der Waals surface area contributed by atoms with E-state index in [4.69, 9.17) is 10.7 Å². The van der Waals surface area contributed by atoms with Gasteiger partial charge < -0.3 is 10.6 Å². The number of imidazole rings is 1. The number of pyridine rings is 1. The first-order chi connectivity index (χ1) is 13.9. The van der Waals surface area contributed by atoms with Crippen LogP contribution in [0.1, 0.15) is 18.4 Å². The highest BCUT2D eigenvalue weighted by atomic mass is 19.1. The Morgan fingerprint density at radius 3 is 2.55 bits per heavy atom. The number of likely N-dealkylation sites (N-methyl/N-ethyl adjacent to an activating group) is 1. The number of benzene rings is 1. The van der Waals surface area contributed by atoms with Gasteiger partial charge in [-0.3, -0.25) is 4.40 Å². The van der Waals surface area contributed by atoms with E-state index in [2.05, 4.69) is 48.0 Å². The normalized spacial score (nSPS) is 12.6. The van der Waals surface area contributed by atoms with Crippen molar-refractivity contribution in [2.45, 2.75) is 12.8 Å². The summed E-state index contributed by atoms with van der Waals surface area (Å²) in [5, 5.41) is 0. The van der Waals surface area contributed by atoms with Gasteiger partial charge in [0.2, 0.25) is 5.95 Å². The molecular formula is C22H23FN6. The zero-order valence-corrected chi connectivity index (χ0v) is 16.7. The molecule has 0 saturated carbocycles. The van der Waals surface area contributed by atoms with Crippen LogP contribution in [-0.4, -0.2) is 44.9 Å². The van der Waals surface area contributed by atoms with Crippen LogP contribution in [0.15, 0.2) is 54.9 Å². The van der Waals surface area contributed by atoms with E-state index < -0.39 is 0 Å². The van der Waals surface area contributed by atoms with Crippen molar-refractivity contribution in [3.05, 3.63) is 66.2 Å². The smallest absolute Gasteiger partial charge is 0.220 e. The van der Waals surface area contributed by atoms with E-state index >= 15 is 0 Å². The van der Waals surface area contributed by atoms with Crippen molar-refractivity contribution in [3.63, 3.8) is 0 Å². The molecule has 0 aliphatic carbocycles. The van der Waals surface area contributed by atoms with Crippen LogP contribution in [0.5, 0.6) is 0 Å². The van der Waals surface area contributed by atoms with Crippen molar-refractivity contribution in [2.24, 2.45) is 0 Å². The Bertz CT molecular complexity index is 1150. The van der Waals surface area contributed by atoms with Gasteiger partial charge in [-0.25, -0.2) is 19.3 Å². The zero-order chi connectivity index (χ0) is 20.5. The van der Waals surface area contributed by atoms with E-state index in [9.17, 15) is 4.39 Å². The third-order valence-electron chi connectivity index (χ3n) is 4.89. The quantitative estimate of drug-likeness (QED) is 0.560. The molecule has 0 radical (unpaired) electrons. The maximum Gasteiger partial charge on any atom is 0.220 e. The SMILES string of the molecule is CC(CN(C)C)c1ccn2c(-c3ccnc(N)n3)c(-c3ccc(F)cc3)nc2c1. The molecule has 0 aliphatic rings. The van der Waals surface area contributed by atoms with E-state index in [-0.39, 0.29) is 11.8 Å². The van der Waals surface area contributed by atoms with Crippen LogP contribution in [0, 0.1) is 5.82 Å². The van der Waals surface area contributed by atoms with E-state index in [1.807, 2.05) is 10.6 Å². The molecule has 4 rings (SSSR count). The van der Waals surface area contributed by atoms with Gasteiger partial charge >= 0.3 is 0 Å². The molecule has 4 aromatic rings. The second-order valence-electron chi connectivity index (χ2n) is 7.47. The summed E-state index contributed by atoms with van der Waals surface area (Å²) in [4.78, 5) is 15.4. The van der Waals surface area contributed by atoms with Crippen LogP contribution in [0.25, 0.3) is 28.3 Å². The summed E-state index contributed by atoms with van der Waals surface area (Å²) in [7, 11) is 4.13. The van der Waals surface area contributed by atoms with Gasteiger partial charge in [0.1, 0.15) is 11.5 Å². The second-order valence-corrected chi connectivity index (χ2v) is 7.47. The molecule has 7 heteroatoms. The van der Waals surface area contributed by atoms with Gasteiger partial charge in [0, 0.05) is 24.5 Å². The van der Waals surface area contributed by atoms with Gasteiger partial charge in [-0.15, -0.1) is 0 Å². The van der Waals surface area contributed by atoms with Crippen LogP contribution in [-0.2, 0) is 0 Å². The van der Waals surface area contributed by atoms with Crippen molar-refractivity contribution < 1.29 is 4.39 Å². The van der Waals surface area contributed by atoms with Gasteiger partial charge in [-0.2, -0.15) is 0 Å². The molecule has 1 unspecified atom stereocenters. The molecule has 29 heavy (non-hydrogen) atoms. The minimum atomic E-state index is -0.287. The third kappa shape index (κ3) is 3.82. The number of hydrogen-bond acceptors (Lipinski definition) is 5. The highest BCUT2D eigenvalue weighted by Gasteiger charge is 2.19. The average molecular weight is 390 g/mol. The molecule has 0 bridgehead atoms. The number of anilines is 1. The van der Waals surface area contributed by atoms with Crippen molar-refractivity contribution in [1.29, 1.82) is 0 Å². The number of nitrogens with zero attached hydrogens (tertiary/aromatic N) is 5. The molecule has 0 amide bonds. The van der Waals surface area contributed by atoms with E-state index in [1.54, 1.807) is 24.4 Å². The average Bonchev–Trinajstić information content (AvgIpc) is 3.06. The molecule has 0 fully saturated rings. The molecule has 1 aromatic carbocycles. The molecule has 0 aliphatic heterocycles. The predicted molar refractivity (Wildman–Crippen MR) is 113 cm³/mol. The fourth-order valence-corrected chi connectivity index (χ4v) is 3.58. The molecule has 3 heterocycles. The maximum atomic E-state index is 13.5. The van der Waals surface area contributed by atoms with Crippen LogP contribution in [0.3, 0.4) is 0 Å². The summed E-state index contributed by atoms with van der Waals surface area (Å²) < 4.78 is 15.5. The van der Waals surface area contributed by atoms with Crippen LogP contribution in [0.2, 0.25) is 0 Å². The van der Waals surface area contributed by atoms with E-state index in [0.29, 0.717) is 11.6 Å². The van der Waals surface area contributed by atoms with Crippen molar-refractivity contribution in [1.82, 2.24) is 24.3 Å². The third-order valence-corrected chi connectivity index (χ3v) is 4.89. The molecule has 3 aromatic heterocycles. The second kappa shape index (κ2) is 7.60. The minimum absolute atomic E-state index is 0.193. The first-order valence-electron chi connectivity index (χ1n) is 9.44. The van der Waals surface area contributed by atoms with Crippen LogP contribution < -0.4 is 5.73 Å². The van der Waals surface area contributed by atoms with Gasteiger partial charge in [-0.05, 0) is 68.0 Å². The number of rotatable bonds is 5. The first-order valence-corrected chi connectivity index (χ1v) is 9.44. The predicted octanol–water partition coefficient (Wildman–Crippen LogP) is 3.84. The molecule has 148 valence electrons. The summed E-state index contributed by atoms with van der Waals surface area (Å²) in [6.45, 7) is 3.14. The van der Waals surface area contributed by atoms with Crippen LogP contribution in [0.4, 0.5) is 10.3 Å². The molecule has 0 spiro atoms. The number of aromatic nitrogens is 4. The number of nitrogens with two attached hydrogens (primary N) is 1. The Hall–Kier alpha value is -3.32. The molecule has 0 saturated heterocycles. The standard InChI is InChI=1S/C22H23FN6/c1-14(13-28(2)3)16-9-11-29-19(12-16)27-20(15-4-6-17(23)7-5-15)21(29)18-8-10-25-22(24)26-18/h4-12,14H,13H2,1-3H3,(H2,24,25,26). The fourth-order valence-electron chi connectivity index (χ4n) is 3.58. The van der Waals surface area contributed by atoms with Gasteiger partial charge in [0.15, 0.2) is 0 Å². The zero-order valence-electron chi connectivity index (χ0n) is 16.7. The van der Waals surface area contributed by atoms with E-state index in [1.165, 1.54) is 17.7 Å². The largest absolute Gasteiger partial charge is 0.368 e. The summed E-state index contributed by atoms with van der Waals surface area (Å²) in [6.07, 6.45) is 3.63. The molecule has 6 nitrogen and oxygen atoms in total. The molecule has 2 N–H and O–H groups in total. The Labute approximate surface area is 168 Å². The first kappa shape index (κ1) is 19.0. The molecule has 1 atom stereocenters. The Kier molecular flexibility index (Phi) is 4.98. The van der Waals surface area contributed by atoms with Gasteiger partial charge in [-0.1, -0.05) is 6.92 Å². The highest BCUT2D eigenvalue weighted by Crippen LogP contribution is 2.33. The van der Waals surface area contributed by atoms with Crippen molar-refractivity contribution >= 4 is 11.6 Å².